The van der Waals surface area contributed by atoms with Crippen molar-refractivity contribution >= 4 is 10.0 Å². The number of hydrogen-bond donors (Lipinski definition) is 1. The molecule has 33 heavy (non-hydrogen) atoms. The molecule has 0 aliphatic carbocycles. The molecule has 3 aromatic carbocycles. The van der Waals surface area contributed by atoms with E-state index in [0.717, 1.165) is 11.3 Å². The molecule has 9 heteroatoms. The summed E-state index contributed by atoms with van der Waals surface area (Å²) in [5.74, 6) is 2.59. The highest BCUT2D eigenvalue weighted by molar-refractivity contribution is 7.89. The fourth-order valence-corrected chi connectivity index (χ4v) is 4.25. The van der Waals surface area contributed by atoms with E-state index in [4.69, 9.17) is 14.0 Å². The average Bonchev–Trinajstić information content (AvgIpc) is 3.31. The van der Waals surface area contributed by atoms with Crippen LogP contribution in [0, 0.1) is 6.92 Å². The number of nitrogens with one attached hydrogen (secondary N) is 1. The van der Waals surface area contributed by atoms with Gasteiger partial charge in [-0.3, -0.25) is 0 Å². The zero-order chi connectivity index (χ0) is 23.4. The normalized spacial score (nSPS) is 12.3. The van der Waals surface area contributed by atoms with E-state index in [0.29, 0.717) is 22.9 Å². The van der Waals surface area contributed by atoms with E-state index in [1.54, 1.807) is 62.6 Å². The van der Waals surface area contributed by atoms with Gasteiger partial charge in [-0.2, -0.15) is 9.71 Å². The van der Waals surface area contributed by atoms with Gasteiger partial charge in [0.15, 0.2) is 0 Å². The Morgan fingerprint density at radius 1 is 0.879 bits per heavy atom. The van der Waals surface area contributed by atoms with Crippen molar-refractivity contribution in [2.75, 3.05) is 7.11 Å². The molecule has 1 atom stereocenters. The Morgan fingerprint density at radius 3 is 2.06 bits per heavy atom. The molecule has 170 valence electrons. The highest BCUT2D eigenvalue weighted by Crippen LogP contribution is 2.27. The second kappa shape index (κ2) is 9.43. The molecule has 0 fully saturated rings. The zero-order valence-electron chi connectivity index (χ0n) is 18.3. The summed E-state index contributed by atoms with van der Waals surface area (Å²) < 4.78 is 44.0. The van der Waals surface area contributed by atoms with Crippen molar-refractivity contribution in [3.63, 3.8) is 0 Å². The number of ether oxygens (including phenoxy) is 2. The van der Waals surface area contributed by atoms with Crippen LogP contribution < -0.4 is 14.2 Å². The van der Waals surface area contributed by atoms with E-state index in [1.165, 1.54) is 0 Å². The average molecular weight is 466 g/mol. The van der Waals surface area contributed by atoms with E-state index in [9.17, 15) is 8.42 Å². The molecule has 0 amide bonds. The van der Waals surface area contributed by atoms with Crippen molar-refractivity contribution in [2.45, 2.75) is 24.8 Å². The lowest BCUT2D eigenvalue weighted by Gasteiger charge is -2.10. The standard InChI is InChI=1S/C24H23N3O5S/c1-16-4-14-22(15-5-16)33(28,29)27-17(2)24-25-23(26-32-24)18-6-8-20(9-7-18)31-21-12-10-19(30-3)11-13-21/h4-15,17,27H,1-3H3. The van der Waals surface area contributed by atoms with Crippen molar-refractivity contribution in [2.24, 2.45) is 0 Å². The van der Waals surface area contributed by atoms with Crippen LogP contribution in [0.15, 0.2) is 82.2 Å². The van der Waals surface area contributed by atoms with Gasteiger partial charge < -0.3 is 14.0 Å². The molecule has 4 rings (SSSR count). The third-order valence-electron chi connectivity index (χ3n) is 4.88. The molecule has 1 aromatic heterocycles. The van der Waals surface area contributed by atoms with Gasteiger partial charge in [-0.25, -0.2) is 8.42 Å². The van der Waals surface area contributed by atoms with Crippen LogP contribution in [-0.4, -0.2) is 25.7 Å². The van der Waals surface area contributed by atoms with Crippen molar-refractivity contribution < 1.29 is 22.4 Å². The molecule has 0 saturated heterocycles. The van der Waals surface area contributed by atoms with Gasteiger partial charge in [0.25, 0.3) is 0 Å². The summed E-state index contributed by atoms with van der Waals surface area (Å²) in [5.41, 5.74) is 1.68. The second-order valence-corrected chi connectivity index (χ2v) is 9.13. The van der Waals surface area contributed by atoms with Crippen LogP contribution in [-0.2, 0) is 10.0 Å². The predicted molar refractivity (Wildman–Crippen MR) is 123 cm³/mol. The summed E-state index contributed by atoms with van der Waals surface area (Å²) in [6.45, 7) is 3.54. The van der Waals surface area contributed by atoms with E-state index in [2.05, 4.69) is 14.9 Å². The number of nitrogens with zero attached hydrogens (tertiary/aromatic N) is 2. The summed E-state index contributed by atoms with van der Waals surface area (Å²) in [6.07, 6.45) is 0. The summed E-state index contributed by atoms with van der Waals surface area (Å²) >= 11 is 0. The maximum atomic E-state index is 12.6. The first-order valence-corrected chi connectivity index (χ1v) is 11.7. The minimum atomic E-state index is -3.72. The van der Waals surface area contributed by atoms with Crippen LogP contribution in [0.5, 0.6) is 17.2 Å². The van der Waals surface area contributed by atoms with E-state index in [-0.39, 0.29) is 10.8 Å². The van der Waals surface area contributed by atoms with Gasteiger partial charge in [-0.05, 0) is 74.5 Å². The maximum absolute atomic E-state index is 12.6. The molecule has 1 N–H and O–H groups in total. The Balaban J connectivity index is 1.43. The Morgan fingerprint density at radius 2 is 1.45 bits per heavy atom. The zero-order valence-corrected chi connectivity index (χ0v) is 19.2. The van der Waals surface area contributed by atoms with Crippen LogP contribution in [0.25, 0.3) is 11.4 Å². The van der Waals surface area contributed by atoms with Crippen molar-refractivity contribution in [1.29, 1.82) is 0 Å². The highest BCUT2D eigenvalue weighted by Gasteiger charge is 2.22. The van der Waals surface area contributed by atoms with Crippen molar-refractivity contribution in [3.05, 3.63) is 84.3 Å². The van der Waals surface area contributed by atoms with E-state index < -0.39 is 16.1 Å². The Hall–Kier alpha value is -3.69. The van der Waals surface area contributed by atoms with Gasteiger partial charge in [0, 0.05) is 5.56 Å². The van der Waals surface area contributed by atoms with Gasteiger partial charge in [0.2, 0.25) is 21.7 Å². The first kappa shape index (κ1) is 22.5. The molecule has 1 heterocycles. The fraction of sp³-hybridized carbons (Fsp3) is 0.167. The third kappa shape index (κ3) is 5.39. The predicted octanol–water partition coefficient (Wildman–Crippen LogP) is 4.89. The molecular weight excluding hydrogens is 442 g/mol. The molecular formula is C24H23N3O5S. The lowest BCUT2D eigenvalue weighted by Crippen LogP contribution is -2.27. The maximum Gasteiger partial charge on any atom is 0.244 e. The molecule has 0 bridgehead atoms. The van der Waals surface area contributed by atoms with Gasteiger partial charge in [-0.1, -0.05) is 22.9 Å². The number of rotatable bonds is 8. The molecule has 0 aliphatic heterocycles. The highest BCUT2D eigenvalue weighted by atomic mass is 32.2. The third-order valence-corrected chi connectivity index (χ3v) is 6.44. The lowest BCUT2D eigenvalue weighted by atomic mass is 10.2. The monoisotopic (exact) mass is 465 g/mol. The van der Waals surface area contributed by atoms with E-state index >= 15 is 0 Å². The number of methoxy groups -OCH3 is 1. The number of sulfonamides is 1. The van der Waals surface area contributed by atoms with Crippen LogP contribution in [0.2, 0.25) is 0 Å². The van der Waals surface area contributed by atoms with Crippen molar-refractivity contribution in [3.8, 4) is 28.6 Å². The first-order chi connectivity index (χ1) is 15.8. The smallest absolute Gasteiger partial charge is 0.244 e. The summed E-state index contributed by atoms with van der Waals surface area (Å²) in [4.78, 5) is 4.52. The number of aromatic nitrogens is 2. The molecule has 1 unspecified atom stereocenters. The number of aryl methyl sites for hydroxylation is 1. The van der Waals surface area contributed by atoms with Gasteiger partial charge >= 0.3 is 0 Å². The molecule has 0 spiro atoms. The van der Waals surface area contributed by atoms with Gasteiger partial charge in [-0.15, -0.1) is 0 Å². The van der Waals surface area contributed by atoms with Crippen LogP contribution in [0.3, 0.4) is 0 Å². The number of hydrogen-bond acceptors (Lipinski definition) is 7. The topological polar surface area (TPSA) is 104 Å². The largest absolute Gasteiger partial charge is 0.497 e. The second-order valence-electron chi connectivity index (χ2n) is 7.41. The Labute approximate surface area is 192 Å². The fourth-order valence-electron chi connectivity index (χ4n) is 3.05. The molecule has 8 nitrogen and oxygen atoms in total. The molecule has 0 saturated carbocycles. The summed E-state index contributed by atoms with van der Waals surface area (Å²) in [5, 5.41) is 3.98. The summed E-state index contributed by atoms with van der Waals surface area (Å²) in [7, 11) is -2.11. The Bertz CT molecular complexity index is 1320. The minimum Gasteiger partial charge on any atom is -0.497 e. The van der Waals surface area contributed by atoms with Crippen LogP contribution in [0.1, 0.15) is 24.4 Å². The SMILES string of the molecule is COc1ccc(Oc2ccc(-c3noc(C(C)NS(=O)(=O)c4ccc(C)cc4)n3)cc2)cc1. The molecule has 4 aromatic rings. The molecule has 0 radical (unpaired) electrons. The van der Waals surface area contributed by atoms with Gasteiger partial charge in [0.05, 0.1) is 18.0 Å². The summed E-state index contributed by atoms with van der Waals surface area (Å²) in [6, 6.07) is 20.3. The minimum absolute atomic E-state index is 0.166. The number of benzene rings is 3. The molecule has 0 aliphatic rings. The Kier molecular flexibility index (Phi) is 6.43. The van der Waals surface area contributed by atoms with Gasteiger partial charge in [0.1, 0.15) is 17.2 Å². The van der Waals surface area contributed by atoms with E-state index in [1.807, 2.05) is 31.2 Å². The van der Waals surface area contributed by atoms with Crippen LogP contribution >= 0.6 is 0 Å². The quantitative estimate of drug-likeness (QED) is 0.395. The first-order valence-electron chi connectivity index (χ1n) is 10.2. The van der Waals surface area contributed by atoms with Crippen molar-refractivity contribution in [1.82, 2.24) is 14.9 Å². The lowest BCUT2D eigenvalue weighted by molar-refractivity contribution is 0.354. The van der Waals surface area contributed by atoms with Crippen LogP contribution in [0.4, 0.5) is 0 Å².